The van der Waals surface area contributed by atoms with Gasteiger partial charge in [-0.25, -0.2) is 24.5 Å². The Bertz CT molecular complexity index is 5630. The van der Waals surface area contributed by atoms with E-state index >= 15 is 0 Å². The molecule has 0 unspecified atom stereocenters. The van der Waals surface area contributed by atoms with E-state index in [0.717, 1.165) is 49.4 Å². The highest BCUT2D eigenvalue weighted by Gasteiger charge is 2.45. The summed E-state index contributed by atoms with van der Waals surface area (Å²) in [7, 11) is 0. The Morgan fingerprint density at radius 1 is 0.410 bits per heavy atom. The van der Waals surface area contributed by atoms with Crippen LogP contribution in [-0.2, 0) is 123 Å². The summed E-state index contributed by atoms with van der Waals surface area (Å²) >= 11 is 0. The minimum Gasteiger partial charge on any atom is -0.461 e. The van der Waals surface area contributed by atoms with Crippen LogP contribution in [0.4, 0.5) is 9.59 Å². The number of para-hydroxylation sites is 3. The third kappa shape index (κ3) is 21.6. The first-order valence-electron chi connectivity index (χ1n) is 40.5. The Kier molecular flexibility index (Phi) is 31.2. The first-order valence-corrected chi connectivity index (χ1v) is 40.5. The van der Waals surface area contributed by atoms with E-state index in [4.69, 9.17) is 48.1 Å². The third-order valence-electron chi connectivity index (χ3n) is 20.7. The maximum absolute atomic E-state index is 13.8. The molecule has 3 aliphatic heterocycles. The molecule has 0 aliphatic carbocycles. The molecule has 0 spiro atoms. The summed E-state index contributed by atoms with van der Waals surface area (Å²) in [5, 5.41) is 53.8. The first-order chi connectivity index (χ1) is 58.4. The van der Waals surface area contributed by atoms with Gasteiger partial charge in [0.1, 0.15) is 19.8 Å². The molecule has 0 radical (unpaired) electrons. The summed E-state index contributed by atoms with van der Waals surface area (Å²) < 4.78 is 41.2. The van der Waals surface area contributed by atoms with Crippen molar-refractivity contribution in [2.45, 2.75) is 170 Å². The van der Waals surface area contributed by atoms with Gasteiger partial charge in [-0.05, 0) is 107 Å². The number of esters is 1. The van der Waals surface area contributed by atoms with Crippen molar-refractivity contribution in [1.29, 1.82) is 0 Å². The van der Waals surface area contributed by atoms with Crippen LogP contribution in [0.5, 0.6) is 0 Å². The average molecular weight is 1680 g/mol. The van der Waals surface area contributed by atoms with Crippen molar-refractivity contribution in [3.8, 4) is 34.2 Å². The Labute approximate surface area is 702 Å². The molecule has 34 nitrogen and oxygen atoms in total. The van der Waals surface area contributed by atoms with E-state index in [1.807, 2.05) is 97.9 Å². The minimum atomic E-state index is -2.09. The summed E-state index contributed by atoms with van der Waals surface area (Å²) in [5.41, 5.74) is 0.411. The van der Waals surface area contributed by atoms with Gasteiger partial charge in [0.15, 0.2) is 16.8 Å². The molecular formula is C88H104N12O22. The lowest BCUT2D eigenvalue weighted by Crippen LogP contribution is -2.48. The van der Waals surface area contributed by atoms with Gasteiger partial charge in [-0.1, -0.05) is 82.3 Å². The van der Waals surface area contributed by atoms with Crippen molar-refractivity contribution in [2.75, 3.05) is 72.4 Å². The molecule has 12 rings (SSSR count). The number of amides is 6. The molecule has 9 heterocycles. The fraction of sp³-hybridized carbons (Fsp3) is 0.420. The third-order valence-corrected chi connectivity index (χ3v) is 20.7. The topological polar surface area (TPSA) is 456 Å². The standard InChI is InChI=1S/C30H36N4O8.2C29H34N4O7/c1-4-30(39,29(38)32-10-12-41-14-13-40-11-9-31-19(2)35)24-16-26-27-22(15-21-7-5-6-8-25(21)33-27)17-34(26)28(37)23(24)18-42-20(3)36;1-5-29(38,27(36)31-17(2)3)22-14-24-25-20(13-19-9-6-7-10-23(19)32-25)15-33(24)26(35)21(22)16-40-28(37)39-12-8-11-30-18(4)34;1-4-11-31-27(36)29(38,5-2)22-15-24-25-20(14-19-9-6-7-10-23(19)32-25)16-33(24)26(35)21(22)17-40-28(37)39-13-8-12-30-18(3)34/h5-8,15-16,39H,4,9-14,17-18H2,1-3H3,(H,31,35)(H,32,38);6-7,9-10,13-14,17,38H,5,8,11-12,15-16H2,1-4H3,(H,30,34)(H,31,36);6-7,9-10,14-15,38H,4-5,8,11-13,16-17H2,1-3H3,(H,30,34)(H,31,36)/t30-;2*29-/m000/s1. The average Bonchev–Trinajstić information content (AvgIpc) is 1.57. The van der Waals surface area contributed by atoms with Gasteiger partial charge >= 0.3 is 18.3 Å². The van der Waals surface area contributed by atoms with Gasteiger partial charge in [-0.2, -0.15) is 0 Å². The van der Waals surface area contributed by atoms with Crippen LogP contribution in [0.1, 0.15) is 158 Å². The van der Waals surface area contributed by atoms with Crippen LogP contribution in [0.2, 0.25) is 0 Å². The smallest absolute Gasteiger partial charge is 0.461 e. The van der Waals surface area contributed by atoms with Crippen molar-refractivity contribution < 1.29 is 91.6 Å². The second-order valence-electron chi connectivity index (χ2n) is 29.7. The van der Waals surface area contributed by atoms with Crippen molar-refractivity contribution in [1.82, 2.24) is 60.6 Å². The molecule has 3 atom stereocenters. The lowest BCUT2D eigenvalue weighted by molar-refractivity contribution is -0.143. The number of aliphatic hydroxyl groups is 3. The predicted octanol–water partition coefficient (Wildman–Crippen LogP) is 6.83. The van der Waals surface area contributed by atoms with Crippen molar-refractivity contribution in [3.05, 3.63) is 190 Å². The number of hydrogen-bond acceptors (Lipinski definition) is 25. The van der Waals surface area contributed by atoms with Crippen LogP contribution in [0.25, 0.3) is 66.9 Å². The van der Waals surface area contributed by atoms with Crippen molar-refractivity contribution >= 4 is 86.4 Å². The normalized spacial score (nSPS) is 13.3. The number of aromatic nitrogens is 6. The predicted molar refractivity (Wildman–Crippen MR) is 448 cm³/mol. The van der Waals surface area contributed by atoms with Gasteiger partial charge in [0.25, 0.3) is 34.4 Å². The molecule has 0 saturated heterocycles. The number of benzene rings is 3. The van der Waals surface area contributed by atoms with Crippen LogP contribution in [0.3, 0.4) is 0 Å². The van der Waals surface area contributed by atoms with Crippen molar-refractivity contribution in [3.63, 3.8) is 0 Å². The molecule has 6 amide bonds. The van der Waals surface area contributed by atoms with Gasteiger partial charge in [0.2, 0.25) is 17.7 Å². The van der Waals surface area contributed by atoms with Crippen LogP contribution in [-0.4, -0.2) is 176 Å². The fourth-order valence-corrected chi connectivity index (χ4v) is 14.4. The SMILES string of the molecule is CCCNC(=O)[C@](O)(CC)c1cc2n(c(=O)c1COC(=O)OCCCNC(C)=O)Cc1cc3ccccc3nc1-2.CC[C@@](O)(C(=O)NC(C)C)c1cc2n(c(=O)c1COC(=O)OCCCNC(C)=O)Cc1cc3ccccc3nc1-2.CC[C@@](O)(C(=O)NCCOCCOCCNC(C)=O)c1cc2n(c(=O)c1COC(C)=O)Cc1cc3ccccc3nc1-2. The highest BCUT2D eigenvalue weighted by Crippen LogP contribution is 2.41. The summed E-state index contributed by atoms with van der Waals surface area (Å²) in [6.45, 7) is 17.7. The minimum absolute atomic E-state index is 0.000625. The van der Waals surface area contributed by atoms with Gasteiger partial charge in [-0.3, -0.25) is 47.9 Å². The first kappa shape index (κ1) is 91.7. The number of fused-ring (bicyclic) bond motifs is 12. The lowest BCUT2D eigenvalue weighted by atomic mass is 9.86. The molecule has 9 N–H and O–H groups in total. The van der Waals surface area contributed by atoms with Crippen LogP contribution in [0.15, 0.2) is 124 Å². The fourth-order valence-electron chi connectivity index (χ4n) is 14.4. The molecule has 0 fully saturated rings. The second-order valence-corrected chi connectivity index (χ2v) is 29.7. The second kappa shape index (κ2) is 41.6. The molecule has 6 aromatic heterocycles. The Hall–Kier alpha value is -12.6. The van der Waals surface area contributed by atoms with Gasteiger partial charge in [0.05, 0.1) is 127 Å². The zero-order valence-electron chi connectivity index (χ0n) is 70.0. The molecule has 648 valence electrons. The zero-order valence-corrected chi connectivity index (χ0v) is 70.0. The van der Waals surface area contributed by atoms with Crippen LogP contribution in [0, 0.1) is 0 Å². The van der Waals surface area contributed by atoms with E-state index in [2.05, 4.69) is 31.9 Å². The van der Waals surface area contributed by atoms with Crippen LogP contribution < -0.4 is 48.6 Å². The molecular weight excluding hydrogens is 1580 g/mol. The van der Waals surface area contributed by atoms with Crippen molar-refractivity contribution in [2.24, 2.45) is 0 Å². The molecule has 34 heteroatoms. The van der Waals surface area contributed by atoms with E-state index in [9.17, 15) is 72.9 Å². The highest BCUT2D eigenvalue weighted by molar-refractivity contribution is 5.92. The Morgan fingerprint density at radius 2 is 0.738 bits per heavy atom. The van der Waals surface area contributed by atoms with Gasteiger partial charge < -0.3 is 94.1 Å². The number of rotatable bonds is 35. The zero-order chi connectivity index (χ0) is 88.2. The number of pyridine rings is 6. The highest BCUT2D eigenvalue weighted by atomic mass is 16.7. The number of carbonyl (C=O) groups excluding carboxylic acids is 9. The lowest BCUT2D eigenvalue weighted by Gasteiger charge is -2.29. The molecule has 0 saturated carbocycles. The quantitative estimate of drug-likeness (QED) is 0.0112. The number of ether oxygens (including phenoxy) is 7. The molecule has 122 heavy (non-hydrogen) atoms. The van der Waals surface area contributed by atoms with E-state index in [0.29, 0.717) is 92.8 Å². The van der Waals surface area contributed by atoms with E-state index in [1.165, 1.54) is 41.4 Å². The largest absolute Gasteiger partial charge is 0.508 e. The van der Waals surface area contributed by atoms with E-state index in [-0.39, 0.29) is 129 Å². The molecule has 0 bridgehead atoms. The monoisotopic (exact) mass is 1680 g/mol. The van der Waals surface area contributed by atoms with E-state index < -0.39 is 89.3 Å². The van der Waals surface area contributed by atoms with Gasteiger partial charge in [-0.15, -0.1) is 0 Å². The molecule has 3 aliphatic rings. The van der Waals surface area contributed by atoms with Gasteiger partial charge in [0, 0.05) is 116 Å². The number of hydrogen-bond donors (Lipinski definition) is 9. The summed E-state index contributed by atoms with van der Waals surface area (Å²) in [6, 6.07) is 33.3. The van der Waals surface area contributed by atoms with E-state index in [1.54, 1.807) is 52.8 Å². The number of nitrogens with one attached hydrogen (secondary N) is 6. The number of carbonyl (C=O) groups is 9. The Balaban J connectivity index is 0.000000192. The number of nitrogens with zero attached hydrogens (tertiary/aromatic N) is 6. The summed E-state index contributed by atoms with van der Waals surface area (Å²) in [5.74, 6) is -3.13. The molecule has 3 aromatic carbocycles. The van der Waals surface area contributed by atoms with Crippen LogP contribution >= 0.6 is 0 Å². The maximum atomic E-state index is 13.8. The molecule has 9 aromatic rings. The Morgan fingerprint density at radius 3 is 1.07 bits per heavy atom. The maximum Gasteiger partial charge on any atom is 0.508 e. The summed E-state index contributed by atoms with van der Waals surface area (Å²) in [4.78, 5) is 165. The summed E-state index contributed by atoms with van der Waals surface area (Å²) in [6.07, 6.45) is -0.702.